The van der Waals surface area contributed by atoms with Crippen molar-refractivity contribution in [3.63, 3.8) is 0 Å². The van der Waals surface area contributed by atoms with Crippen LogP contribution in [0.5, 0.6) is 5.75 Å². The number of pyridine rings is 1. The van der Waals surface area contributed by atoms with Crippen LogP contribution in [0.1, 0.15) is 15.9 Å². The lowest BCUT2D eigenvalue weighted by Gasteiger charge is -2.18. The molecule has 1 aromatic heterocycles. The summed E-state index contributed by atoms with van der Waals surface area (Å²) in [6.07, 6.45) is -3.87. The molecule has 0 unspecified atom stereocenters. The molecule has 0 saturated heterocycles. The molecule has 136 valence electrons. The van der Waals surface area contributed by atoms with Gasteiger partial charge in [-0.15, -0.1) is 0 Å². The second kappa shape index (κ2) is 7.16. The SMILES string of the molecule is O=C1COc2ccc(C(=O)CSc3ncc(C(F)(F)F)cc3Cl)cc2N1. The molecule has 0 atom stereocenters. The molecule has 0 radical (unpaired) electrons. The van der Waals surface area contributed by atoms with Crippen molar-refractivity contribution in [1.29, 1.82) is 0 Å². The largest absolute Gasteiger partial charge is 0.482 e. The number of amides is 1. The third kappa shape index (κ3) is 4.10. The van der Waals surface area contributed by atoms with Crippen molar-refractivity contribution in [2.75, 3.05) is 17.7 Å². The predicted octanol–water partition coefficient (Wildman–Crippen LogP) is 4.06. The van der Waals surface area contributed by atoms with Crippen LogP contribution in [0.25, 0.3) is 0 Å². The lowest BCUT2D eigenvalue weighted by atomic mass is 10.1. The molecule has 1 N–H and O–H groups in total. The summed E-state index contributed by atoms with van der Waals surface area (Å²) in [6.45, 7) is -0.0891. The number of carbonyl (C=O) groups is 2. The summed E-state index contributed by atoms with van der Waals surface area (Å²) >= 11 is 6.75. The summed E-state index contributed by atoms with van der Waals surface area (Å²) in [6, 6.07) is 5.36. The minimum absolute atomic E-state index is 0.0777. The van der Waals surface area contributed by atoms with Crippen LogP contribution in [-0.4, -0.2) is 29.0 Å². The average Bonchev–Trinajstić information content (AvgIpc) is 2.58. The first-order valence-electron chi connectivity index (χ1n) is 7.19. The van der Waals surface area contributed by atoms with Gasteiger partial charge in [0.15, 0.2) is 12.4 Å². The number of alkyl halides is 3. The summed E-state index contributed by atoms with van der Waals surface area (Å²) in [5.41, 5.74) is -0.239. The first-order chi connectivity index (χ1) is 12.2. The van der Waals surface area contributed by atoms with E-state index in [-0.39, 0.29) is 34.1 Å². The van der Waals surface area contributed by atoms with E-state index < -0.39 is 11.7 Å². The van der Waals surface area contributed by atoms with Gasteiger partial charge in [-0.3, -0.25) is 9.59 Å². The Kier molecular flexibility index (Phi) is 5.10. The van der Waals surface area contributed by atoms with E-state index in [1.807, 2.05) is 0 Å². The number of nitrogens with zero attached hydrogens (tertiary/aromatic N) is 1. The van der Waals surface area contributed by atoms with Gasteiger partial charge in [0.05, 0.1) is 22.0 Å². The molecule has 0 bridgehead atoms. The van der Waals surface area contributed by atoms with Crippen LogP contribution in [0.2, 0.25) is 5.02 Å². The number of nitrogens with one attached hydrogen (secondary N) is 1. The van der Waals surface area contributed by atoms with E-state index in [0.29, 0.717) is 23.2 Å². The van der Waals surface area contributed by atoms with Crippen molar-refractivity contribution in [1.82, 2.24) is 4.98 Å². The molecule has 0 spiro atoms. The number of aromatic nitrogens is 1. The molecule has 0 saturated carbocycles. The third-order valence-electron chi connectivity index (χ3n) is 3.41. The number of thioether (sulfide) groups is 1. The molecule has 0 fully saturated rings. The number of carbonyl (C=O) groups excluding carboxylic acids is 2. The highest BCUT2D eigenvalue weighted by Crippen LogP contribution is 2.34. The van der Waals surface area contributed by atoms with E-state index in [4.69, 9.17) is 16.3 Å². The van der Waals surface area contributed by atoms with Gasteiger partial charge in [-0.1, -0.05) is 23.4 Å². The third-order valence-corrected chi connectivity index (χ3v) is 4.81. The lowest BCUT2D eigenvalue weighted by molar-refractivity contribution is -0.137. The minimum Gasteiger partial charge on any atom is -0.482 e. The molecule has 1 aliphatic heterocycles. The predicted molar refractivity (Wildman–Crippen MR) is 89.9 cm³/mol. The molecule has 0 aliphatic carbocycles. The number of ether oxygens (including phenoxy) is 1. The van der Waals surface area contributed by atoms with Crippen LogP contribution in [-0.2, 0) is 11.0 Å². The zero-order valence-corrected chi connectivity index (χ0v) is 14.5. The molecule has 2 aromatic rings. The average molecular weight is 403 g/mol. The van der Waals surface area contributed by atoms with Gasteiger partial charge in [0, 0.05) is 11.8 Å². The smallest absolute Gasteiger partial charge is 0.417 e. The first-order valence-corrected chi connectivity index (χ1v) is 8.56. The summed E-state index contributed by atoms with van der Waals surface area (Å²) in [4.78, 5) is 27.3. The maximum atomic E-state index is 12.6. The Hall–Kier alpha value is -2.26. The van der Waals surface area contributed by atoms with Crippen LogP contribution in [0.15, 0.2) is 35.5 Å². The van der Waals surface area contributed by atoms with Crippen molar-refractivity contribution in [3.05, 3.63) is 46.6 Å². The molecular formula is C16H10ClF3N2O3S. The van der Waals surface area contributed by atoms with E-state index in [0.717, 1.165) is 17.8 Å². The highest BCUT2D eigenvalue weighted by Gasteiger charge is 2.31. The fourth-order valence-corrected chi connectivity index (χ4v) is 3.25. The Morgan fingerprint density at radius 2 is 2.12 bits per heavy atom. The standard InChI is InChI=1S/C16H10ClF3N2O3S/c17-10-4-9(16(18,19)20)5-21-15(10)26-7-12(23)8-1-2-13-11(3-8)22-14(24)6-25-13/h1-5H,6-7H2,(H,22,24). The molecule has 1 aliphatic rings. The van der Waals surface area contributed by atoms with Gasteiger partial charge in [0.1, 0.15) is 10.8 Å². The number of fused-ring (bicyclic) bond motifs is 1. The molecular weight excluding hydrogens is 393 g/mol. The quantitative estimate of drug-likeness (QED) is 0.617. The Balaban J connectivity index is 1.70. The van der Waals surface area contributed by atoms with Gasteiger partial charge in [0.25, 0.3) is 5.91 Å². The van der Waals surface area contributed by atoms with Gasteiger partial charge in [0.2, 0.25) is 0 Å². The van der Waals surface area contributed by atoms with Crippen molar-refractivity contribution in [2.45, 2.75) is 11.2 Å². The van der Waals surface area contributed by atoms with Crippen molar-refractivity contribution < 1.29 is 27.5 Å². The summed E-state index contributed by atoms with van der Waals surface area (Å²) < 4.78 is 43.0. The molecule has 1 amide bonds. The van der Waals surface area contributed by atoms with Crippen LogP contribution < -0.4 is 10.1 Å². The van der Waals surface area contributed by atoms with Crippen LogP contribution >= 0.6 is 23.4 Å². The summed E-state index contributed by atoms with van der Waals surface area (Å²) in [5, 5.41) is 2.55. The summed E-state index contributed by atoms with van der Waals surface area (Å²) in [5.74, 6) is -0.236. The summed E-state index contributed by atoms with van der Waals surface area (Å²) in [7, 11) is 0. The topological polar surface area (TPSA) is 68.3 Å². The second-order valence-electron chi connectivity index (χ2n) is 5.27. The molecule has 2 heterocycles. The van der Waals surface area contributed by atoms with E-state index in [9.17, 15) is 22.8 Å². The maximum Gasteiger partial charge on any atom is 0.417 e. The normalized spacial score (nSPS) is 13.6. The first kappa shape index (κ1) is 18.5. The van der Waals surface area contributed by atoms with E-state index >= 15 is 0 Å². The van der Waals surface area contributed by atoms with Crippen LogP contribution in [0.3, 0.4) is 0 Å². The number of Topliss-reactive ketones (excluding diaryl/α,β-unsaturated/α-hetero) is 1. The zero-order chi connectivity index (χ0) is 18.9. The minimum atomic E-state index is -4.54. The second-order valence-corrected chi connectivity index (χ2v) is 6.64. The van der Waals surface area contributed by atoms with Gasteiger partial charge >= 0.3 is 6.18 Å². The van der Waals surface area contributed by atoms with Gasteiger partial charge in [-0.25, -0.2) is 4.98 Å². The molecule has 5 nitrogen and oxygen atoms in total. The number of hydrogen-bond acceptors (Lipinski definition) is 5. The van der Waals surface area contributed by atoms with Crippen LogP contribution in [0.4, 0.5) is 18.9 Å². The Morgan fingerprint density at radius 1 is 1.35 bits per heavy atom. The number of benzene rings is 1. The number of halogens is 4. The van der Waals surface area contributed by atoms with E-state index in [2.05, 4.69) is 10.3 Å². The molecule has 26 heavy (non-hydrogen) atoms. The molecule has 10 heteroatoms. The van der Waals surface area contributed by atoms with E-state index in [1.165, 1.54) is 6.07 Å². The zero-order valence-electron chi connectivity index (χ0n) is 12.9. The van der Waals surface area contributed by atoms with Crippen LogP contribution in [0, 0.1) is 0 Å². The molecule has 1 aromatic carbocycles. The van der Waals surface area contributed by atoms with Gasteiger partial charge < -0.3 is 10.1 Å². The Bertz CT molecular complexity index is 890. The fraction of sp³-hybridized carbons (Fsp3) is 0.188. The van der Waals surface area contributed by atoms with Crippen molar-refractivity contribution in [3.8, 4) is 5.75 Å². The lowest BCUT2D eigenvalue weighted by Crippen LogP contribution is -2.25. The Labute approximate surface area is 154 Å². The number of ketones is 1. The van der Waals surface area contributed by atoms with Crippen molar-refractivity contribution >= 4 is 40.7 Å². The van der Waals surface area contributed by atoms with Gasteiger partial charge in [-0.05, 0) is 24.3 Å². The number of anilines is 1. The maximum absolute atomic E-state index is 12.6. The monoisotopic (exact) mass is 402 g/mol. The highest BCUT2D eigenvalue weighted by atomic mass is 35.5. The number of rotatable bonds is 4. The highest BCUT2D eigenvalue weighted by molar-refractivity contribution is 8.00. The Morgan fingerprint density at radius 3 is 2.81 bits per heavy atom. The number of hydrogen-bond donors (Lipinski definition) is 1. The van der Waals surface area contributed by atoms with Gasteiger partial charge in [-0.2, -0.15) is 13.2 Å². The van der Waals surface area contributed by atoms with E-state index in [1.54, 1.807) is 12.1 Å². The fourth-order valence-electron chi connectivity index (χ4n) is 2.16. The molecule has 3 rings (SSSR count). The van der Waals surface area contributed by atoms with Crippen molar-refractivity contribution in [2.24, 2.45) is 0 Å².